The number of rotatable bonds is 3. The molecule has 0 aromatic heterocycles. The molecular weight excluding hydrogens is 288 g/mol. The molecule has 1 unspecified atom stereocenters. The Kier molecular flexibility index (Phi) is 3.71. The number of alkyl halides is 1. The van der Waals surface area contributed by atoms with E-state index in [0.717, 1.165) is 11.4 Å². The van der Waals surface area contributed by atoms with E-state index in [2.05, 4.69) is 0 Å². The highest BCUT2D eigenvalue weighted by atomic mass is 35.5. The lowest BCUT2D eigenvalue weighted by Crippen LogP contribution is -2.24. The van der Waals surface area contributed by atoms with E-state index in [0.29, 0.717) is 24.4 Å². The molecule has 1 heterocycles. The van der Waals surface area contributed by atoms with Crippen LogP contribution in [0.25, 0.3) is 0 Å². The summed E-state index contributed by atoms with van der Waals surface area (Å²) in [5, 5.41) is -0.108. The summed E-state index contributed by atoms with van der Waals surface area (Å²) in [5.41, 5.74) is 7.17. The van der Waals surface area contributed by atoms with Crippen LogP contribution >= 0.6 is 11.6 Å². The molecule has 2 aromatic rings. The number of hydrogen-bond donors (Lipinski definition) is 1. The van der Waals surface area contributed by atoms with Crippen molar-refractivity contribution in [2.75, 3.05) is 17.2 Å². The molecule has 21 heavy (non-hydrogen) atoms. The zero-order chi connectivity index (χ0) is 14.8. The predicted octanol–water partition coefficient (Wildman–Crippen LogP) is 3.41. The zero-order valence-corrected chi connectivity index (χ0v) is 12.1. The summed E-state index contributed by atoms with van der Waals surface area (Å²) < 4.78 is 5.71. The number of halogens is 1. The Balaban J connectivity index is 1.72. The second kappa shape index (κ2) is 5.66. The molecule has 5 heteroatoms. The Morgan fingerprint density at radius 1 is 1.05 bits per heavy atom. The molecule has 4 nitrogen and oxygen atoms in total. The minimum absolute atomic E-state index is 0.0576. The predicted molar refractivity (Wildman–Crippen MR) is 84.0 cm³/mol. The van der Waals surface area contributed by atoms with Gasteiger partial charge in [0.25, 0.3) is 0 Å². The molecule has 1 amide bonds. The minimum Gasteiger partial charge on any atom is -0.457 e. The van der Waals surface area contributed by atoms with Gasteiger partial charge in [-0.3, -0.25) is 4.79 Å². The lowest BCUT2D eigenvalue weighted by atomic mass is 10.2. The van der Waals surface area contributed by atoms with Gasteiger partial charge in [0.05, 0.1) is 5.38 Å². The third kappa shape index (κ3) is 3.11. The maximum absolute atomic E-state index is 11.8. The Morgan fingerprint density at radius 3 is 2.14 bits per heavy atom. The zero-order valence-electron chi connectivity index (χ0n) is 11.3. The van der Waals surface area contributed by atoms with Crippen molar-refractivity contribution in [1.29, 1.82) is 0 Å². The molecule has 2 N–H and O–H groups in total. The van der Waals surface area contributed by atoms with E-state index < -0.39 is 0 Å². The minimum atomic E-state index is -0.108. The van der Waals surface area contributed by atoms with E-state index in [1.165, 1.54) is 0 Å². The fraction of sp³-hybridized carbons (Fsp3) is 0.188. The third-order valence-electron chi connectivity index (χ3n) is 3.34. The van der Waals surface area contributed by atoms with Gasteiger partial charge in [-0.25, -0.2) is 0 Å². The summed E-state index contributed by atoms with van der Waals surface area (Å²) in [6.07, 6.45) is 0.394. The van der Waals surface area contributed by atoms with E-state index in [1.54, 1.807) is 17.0 Å². The molecule has 2 aromatic carbocycles. The van der Waals surface area contributed by atoms with Crippen LogP contribution < -0.4 is 15.4 Å². The second-order valence-corrected chi connectivity index (χ2v) is 5.59. The molecule has 0 saturated carbocycles. The number of amides is 1. The fourth-order valence-corrected chi connectivity index (χ4v) is 2.55. The number of carbonyl (C=O) groups is 1. The van der Waals surface area contributed by atoms with Crippen LogP contribution in [0.15, 0.2) is 48.5 Å². The molecule has 0 radical (unpaired) electrons. The Morgan fingerprint density at radius 2 is 1.62 bits per heavy atom. The number of ether oxygens (including phenoxy) is 1. The van der Waals surface area contributed by atoms with Gasteiger partial charge in [-0.1, -0.05) is 0 Å². The Labute approximate surface area is 128 Å². The smallest absolute Gasteiger partial charge is 0.228 e. The molecule has 1 aliphatic rings. The molecule has 1 saturated heterocycles. The number of carbonyl (C=O) groups excluding carboxylic acids is 1. The average molecular weight is 303 g/mol. The van der Waals surface area contributed by atoms with Gasteiger partial charge >= 0.3 is 0 Å². The Hall–Kier alpha value is -2.20. The van der Waals surface area contributed by atoms with Crippen molar-refractivity contribution in [3.8, 4) is 11.5 Å². The van der Waals surface area contributed by atoms with Gasteiger partial charge in [0.2, 0.25) is 5.91 Å². The molecule has 0 spiro atoms. The summed E-state index contributed by atoms with van der Waals surface area (Å²) in [5.74, 6) is 1.48. The van der Waals surface area contributed by atoms with E-state index in [9.17, 15) is 4.79 Å². The van der Waals surface area contributed by atoms with Crippen LogP contribution in [0.4, 0.5) is 11.4 Å². The fourth-order valence-electron chi connectivity index (χ4n) is 2.28. The first-order valence-electron chi connectivity index (χ1n) is 6.70. The van der Waals surface area contributed by atoms with Crippen molar-refractivity contribution in [3.63, 3.8) is 0 Å². The lowest BCUT2D eigenvalue weighted by molar-refractivity contribution is -0.117. The van der Waals surface area contributed by atoms with E-state index in [-0.39, 0.29) is 11.3 Å². The summed E-state index contributed by atoms with van der Waals surface area (Å²) in [4.78, 5) is 13.5. The van der Waals surface area contributed by atoms with Crippen molar-refractivity contribution >= 4 is 28.9 Å². The summed E-state index contributed by atoms with van der Waals surface area (Å²) in [7, 11) is 0. The van der Waals surface area contributed by atoms with Crippen molar-refractivity contribution in [2.45, 2.75) is 11.8 Å². The molecule has 1 fully saturated rings. The molecule has 0 bridgehead atoms. The molecule has 1 atom stereocenters. The van der Waals surface area contributed by atoms with Gasteiger partial charge in [-0.05, 0) is 48.5 Å². The van der Waals surface area contributed by atoms with Crippen LogP contribution in [-0.2, 0) is 4.79 Å². The Bertz CT molecular complexity index is 640. The number of nitrogens with zero attached hydrogens (tertiary/aromatic N) is 1. The number of benzene rings is 2. The van der Waals surface area contributed by atoms with Gasteiger partial charge < -0.3 is 15.4 Å². The van der Waals surface area contributed by atoms with Crippen LogP contribution in [0.2, 0.25) is 0 Å². The van der Waals surface area contributed by atoms with Crippen LogP contribution in [-0.4, -0.2) is 17.8 Å². The number of nitrogens with two attached hydrogens (primary N) is 1. The highest BCUT2D eigenvalue weighted by molar-refractivity contribution is 6.24. The highest BCUT2D eigenvalue weighted by Gasteiger charge is 2.28. The molecule has 1 aliphatic heterocycles. The van der Waals surface area contributed by atoms with Crippen molar-refractivity contribution in [3.05, 3.63) is 48.5 Å². The normalized spacial score (nSPS) is 18.0. The van der Waals surface area contributed by atoms with Gasteiger partial charge in [-0.15, -0.1) is 11.6 Å². The first-order chi connectivity index (χ1) is 10.1. The topological polar surface area (TPSA) is 55.6 Å². The highest BCUT2D eigenvalue weighted by Crippen LogP contribution is 2.28. The first kappa shape index (κ1) is 13.8. The van der Waals surface area contributed by atoms with Crippen molar-refractivity contribution in [1.82, 2.24) is 0 Å². The molecule has 3 rings (SSSR count). The SMILES string of the molecule is Nc1ccc(Oc2ccc(N3CC(Cl)CC3=O)cc2)cc1. The van der Waals surface area contributed by atoms with Gasteiger partial charge in [0, 0.05) is 24.3 Å². The van der Waals surface area contributed by atoms with Gasteiger partial charge in [-0.2, -0.15) is 0 Å². The van der Waals surface area contributed by atoms with Crippen LogP contribution in [0.3, 0.4) is 0 Å². The monoisotopic (exact) mass is 302 g/mol. The summed E-state index contributed by atoms with van der Waals surface area (Å²) in [6.45, 7) is 0.554. The largest absolute Gasteiger partial charge is 0.457 e. The molecule has 0 aliphatic carbocycles. The number of anilines is 2. The van der Waals surface area contributed by atoms with Crippen LogP contribution in [0.5, 0.6) is 11.5 Å². The van der Waals surface area contributed by atoms with Crippen LogP contribution in [0.1, 0.15) is 6.42 Å². The molecular formula is C16H15ClN2O2. The maximum atomic E-state index is 11.8. The van der Waals surface area contributed by atoms with Crippen LogP contribution in [0, 0.1) is 0 Å². The number of nitrogen functional groups attached to an aromatic ring is 1. The van der Waals surface area contributed by atoms with E-state index in [1.807, 2.05) is 36.4 Å². The van der Waals surface area contributed by atoms with Gasteiger partial charge in [0.15, 0.2) is 0 Å². The van der Waals surface area contributed by atoms with Crippen molar-refractivity contribution in [2.24, 2.45) is 0 Å². The lowest BCUT2D eigenvalue weighted by Gasteiger charge is -2.16. The van der Waals surface area contributed by atoms with Crippen molar-refractivity contribution < 1.29 is 9.53 Å². The number of hydrogen-bond acceptors (Lipinski definition) is 3. The molecule has 108 valence electrons. The standard InChI is InChI=1S/C16H15ClN2O2/c17-11-9-16(20)19(10-11)13-3-7-15(8-4-13)21-14-5-1-12(18)2-6-14/h1-8,11H,9-10,18H2. The van der Waals surface area contributed by atoms with E-state index in [4.69, 9.17) is 22.1 Å². The quantitative estimate of drug-likeness (QED) is 0.698. The summed E-state index contributed by atoms with van der Waals surface area (Å²) in [6, 6.07) is 14.6. The van der Waals surface area contributed by atoms with Gasteiger partial charge in [0.1, 0.15) is 11.5 Å². The third-order valence-corrected chi connectivity index (χ3v) is 3.63. The maximum Gasteiger partial charge on any atom is 0.228 e. The first-order valence-corrected chi connectivity index (χ1v) is 7.13. The average Bonchev–Trinajstić information content (AvgIpc) is 2.81. The second-order valence-electron chi connectivity index (χ2n) is 4.97. The van der Waals surface area contributed by atoms with E-state index >= 15 is 0 Å². The summed E-state index contributed by atoms with van der Waals surface area (Å²) >= 11 is 6.01.